The third-order valence-corrected chi connectivity index (χ3v) is 4.44. The molecule has 7 nitrogen and oxygen atoms in total. The lowest BCUT2D eigenvalue weighted by Crippen LogP contribution is -2.28. The maximum absolute atomic E-state index is 12.1. The van der Waals surface area contributed by atoms with Crippen LogP contribution in [0.5, 0.6) is 0 Å². The van der Waals surface area contributed by atoms with Gasteiger partial charge in [-0.3, -0.25) is 0 Å². The zero-order valence-corrected chi connectivity index (χ0v) is 12.6. The van der Waals surface area contributed by atoms with Crippen LogP contribution in [-0.2, 0) is 17.1 Å². The second-order valence-corrected chi connectivity index (χ2v) is 6.49. The summed E-state index contributed by atoms with van der Waals surface area (Å²) in [7, 11) is -2.03. The highest BCUT2D eigenvalue weighted by atomic mass is 32.2. The predicted molar refractivity (Wildman–Crippen MR) is 78.9 cm³/mol. The van der Waals surface area contributed by atoms with Gasteiger partial charge in [-0.25, -0.2) is 18.1 Å². The summed E-state index contributed by atoms with van der Waals surface area (Å²) < 4.78 is 28.1. The number of nitrogens with two attached hydrogens (primary N) is 1. The summed E-state index contributed by atoms with van der Waals surface area (Å²) >= 11 is 0. The highest BCUT2D eigenvalue weighted by molar-refractivity contribution is 7.89. The van der Waals surface area contributed by atoms with Crippen LogP contribution >= 0.6 is 0 Å². The molecule has 0 aliphatic carbocycles. The molecule has 0 amide bonds. The molecule has 0 bridgehead atoms. The van der Waals surface area contributed by atoms with Crippen molar-refractivity contribution in [1.82, 2.24) is 14.3 Å². The van der Waals surface area contributed by atoms with Crippen molar-refractivity contribution in [3.8, 4) is 0 Å². The number of benzene rings is 1. The van der Waals surface area contributed by atoms with Gasteiger partial charge < -0.3 is 15.4 Å². The molecule has 0 fully saturated rings. The molecule has 0 saturated carbocycles. The quantitative estimate of drug-likeness (QED) is 0.689. The van der Waals surface area contributed by atoms with Gasteiger partial charge >= 0.3 is 0 Å². The Morgan fingerprint density at radius 2 is 2.00 bits per heavy atom. The van der Waals surface area contributed by atoms with E-state index in [1.807, 2.05) is 0 Å². The van der Waals surface area contributed by atoms with E-state index in [2.05, 4.69) is 9.71 Å². The standard InChI is InChI=1S/C13H18N4O3S/c1-9-16-13(8-17(9)2)21(19,20)15-7-12(18)10-3-5-11(14)6-4-10/h3-6,8,12,15,18H,7,14H2,1-2H3. The third-order valence-electron chi connectivity index (χ3n) is 3.15. The number of sulfonamides is 1. The topological polar surface area (TPSA) is 110 Å². The number of aliphatic hydroxyl groups excluding tert-OH is 1. The lowest BCUT2D eigenvalue weighted by molar-refractivity contribution is 0.182. The number of aromatic nitrogens is 2. The first kappa shape index (κ1) is 15.5. The number of nitrogen functional groups attached to an aromatic ring is 1. The van der Waals surface area contributed by atoms with Gasteiger partial charge in [0.1, 0.15) is 5.82 Å². The van der Waals surface area contributed by atoms with Gasteiger partial charge in [0.05, 0.1) is 6.10 Å². The molecule has 0 aliphatic heterocycles. The Bertz CT molecular complexity index is 703. The van der Waals surface area contributed by atoms with Gasteiger partial charge in [-0.1, -0.05) is 12.1 Å². The predicted octanol–water partition coefficient (Wildman–Crippen LogP) is 0.323. The zero-order valence-electron chi connectivity index (χ0n) is 11.8. The van der Waals surface area contributed by atoms with Crippen molar-refractivity contribution >= 4 is 15.7 Å². The molecule has 0 spiro atoms. The summed E-state index contributed by atoms with van der Waals surface area (Å²) in [6.45, 7) is 1.57. The summed E-state index contributed by atoms with van der Waals surface area (Å²) in [5.74, 6) is 0.592. The molecule has 1 aromatic heterocycles. The Morgan fingerprint density at radius 1 is 1.38 bits per heavy atom. The van der Waals surface area contributed by atoms with E-state index in [9.17, 15) is 13.5 Å². The van der Waals surface area contributed by atoms with E-state index in [0.29, 0.717) is 17.1 Å². The van der Waals surface area contributed by atoms with Crippen molar-refractivity contribution in [3.05, 3.63) is 41.9 Å². The van der Waals surface area contributed by atoms with Crippen LogP contribution in [0.2, 0.25) is 0 Å². The first-order valence-electron chi connectivity index (χ1n) is 6.33. The smallest absolute Gasteiger partial charge is 0.259 e. The van der Waals surface area contributed by atoms with E-state index >= 15 is 0 Å². The average molecular weight is 310 g/mol. The maximum Gasteiger partial charge on any atom is 0.259 e. The van der Waals surface area contributed by atoms with Gasteiger partial charge in [0.15, 0.2) is 5.03 Å². The molecule has 1 atom stereocenters. The average Bonchev–Trinajstić information content (AvgIpc) is 2.78. The molecular weight excluding hydrogens is 292 g/mol. The Balaban J connectivity index is 2.06. The number of imidazole rings is 1. The van der Waals surface area contributed by atoms with Crippen LogP contribution in [0.25, 0.3) is 0 Å². The summed E-state index contributed by atoms with van der Waals surface area (Å²) in [6, 6.07) is 6.60. The van der Waals surface area contributed by atoms with E-state index < -0.39 is 16.1 Å². The lowest BCUT2D eigenvalue weighted by Gasteiger charge is -2.12. The van der Waals surface area contributed by atoms with Crippen LogP contribution < -0.4 is 10.5 Å². The van der Waals surface area contributed by atoms with Crippen molar-refractivity contribution in [2.75, 3.05) is 12.3 Å². The summed E-state index contributed by atoms with van der Waals surface area (Å²) in [4.78, 5) is 3.96. The van der Waals surface area contributed by atoms with E-state index in [1.165, 1.54) is 6.20 Å². The fourth-order valence-corrected chi connectivity index (χ4v) is 2.83. The highest BCUT2D eigenvalue weighted by Crippen LogP contribution is 2.15. The number of aryl methyl sites for hydroxylation is 2. The Kier molecular flexibility index (Phi) is 4.31. The molecule has 2 rings (SSSR count). The van der Waals surface area contributed by atoms with Crippen molar-refractivity contribution in [2.45, 2.75) is 18.1 Å². The molecular formula is C13H18N4O3S. The highest BCUT2D eigenvalue weighted by Gasteiger charge is 2.20. The van der Waals surface area contributed by atoms with Crippen LogP contribution in [0.15, 0.2) is 35.5 Å². The lowest BCUT2D eigenvalue weighted by atomic mass is 10.1. The van der Waals surface area contributed by atoms with Crippen LogP contribution in [0.3, 0.4) is 0 Å². The SMILES string of the molecule is Cc1nc(S(=O)(=O)NCC(O)c2ccc(N)cc2)cn1C. The molecule has 4 N–H and O–H groups in total. The van der Waals surface area contributed by atoms with Gasteiger partial charge in [-0.15, -0.1) is 0 Å². The monoisotopic (exact) mass is 310 g/mol. The maximum atomic E-state index is 12.1. The van der Waals surface area contributed by atoms with Crippen LogP contribution in [0, 0.1) is 6.92 Å². The fraction of sp³-hybridized carbons (Fsp3) is 0.308. The molecule has 0 aliphatic rings. The minimum atomic E-state index is -3.74. The molecule has 1 heterocycles. The van der Waals surface area contributed by atoms with E-state index in [1.54, 1.807) is 42.8 Å². The molecule has 2 aromatic rings. The minimum Gasteiger partial charge on any atom is -0.399 e. The van der Waals surface area contributed by atoms with E-state index in [0.717, 1.165) is 0 Å². The van der Waals surface area contributed by atoms with Gasteiger partial charge in [0.2, 0.25) is 0 Å². The van der Waals surface area contributed by atoms with Crippen molar-refractivity contribution in [3.63, 3.8) is 0 Å². The molecule has 8 heteroatoms. The second kappa shape index (κ2) is 5.84. The summed E-state index contributed by atoms with van der Waals surface area (Å²) in [6.07, 6.45) is 0.470. The van der Waals surface area contributed by atoms with Crippen molar-refractivity contribution in [1.29, 1.82) is 0 Å². The fourth-order valence-electron chi connectivity index (χ4n) is 1.75. The Labute approximate surface area is 123 Å². The Morgan fingerprint density at radius 3 is 2.52 bits per heavy atom. The second-order valence-electron chi connectivity index (χ2n) is 4.77. The van der Waals surface area contributed by atoms with Crippen LogP contribution in [0.1, 0.15) is 17.5 Å². The normalized spacial score (nSPS) is 13.3. The third kappa shape index (κ3) is 3.60. The van der Waals surface area contributed by atoms with Crippen molar-refractivity contribution < 1.29 is 13.5 Å². The summed E-state index contributed by atoms with van der Waals surface area (Å²) in [5, 5.41) is 9.93. The zero-order chi connectivity index (χ0) is 15.6. The van der Waals surface area contributed by atoms with Gasteiger partial charge in [0.25, 0.3) is 10.0 Å². The van der Waals surface area contributed by atoms with E-state index in [4.69, 9.17) is 5.73 Å². The number of hydrogen-bond donors (Lipinski definition) is 3. The number of hydrogen-bond acceptors (Lipinski definition) is 5. The molecule has 1 aromatic carbocycles. The largest absolute Gasteiger partial charge is 0.399 e. The van der Waals surface area contributed by atoms with Crippen LogP contribution in [-0.4, -0.2) is 29.6 Å². The number of nitrogens with one attached hydrogen (secondary N) is 1. The van der Waals surface area contributed by atoms with Gasteiger partial charge in [-0.05, 0) is 24.6 Å². The molecule has 1 unspecified atom stereocenters. The van der Waals surface area contributed by atoms with Gasteiger partial charge in [-0.2, -0.15) is 0 Å². The molecule has 114 valence electrons. The Hall–Kier alpha value is -1.90. The molecule has 0 radical (unpaired) electrons. The van der Waals surface area contributed by atoms with Gasteiger partial charge in [0, 0.05) is 25.5 Å². The summed E-state index contributed by atoms with van der Waals surface area (Å²) in [5.41, 5.74) is 6.73. The number of rotatable bonds is 5. The number of anilines is 1. The number of nitrogens with zero attached hydrogens (tertiary/aromatic N) is 2. The molecule has 0 saturated heterocycles. The van der Waals surface area contributed by atoms with Crippen LogP contribution in [0.4, 0.5) is 5.69 Å². The first-order valence-corrected chi connectivity index (χ1v) is 7.81. The van der Waals surface area contributed by atoms with E-state index in [-0.39, 0.29) is 11.6 Å². The number of aliphatic hydroxyl groups is 1. The molecule has 21 heavy (non-hydrogen) atoms. The van der Waals surface area contributed by atoms with Crippen molar-refractivity contribution in [2.24, 2.45) is 7.05 Å². The first-order chi connectivity index (χ1) is 9.79. The minimum absolute atomic E-state index is 0.0630.